The monoisotopic (exact) mass is 282 g/mol. The van der Waals surface area contributed by atoms with Gasteiger partial charge in [-0.2, -0.15) is 0 Å². The van der Waals surface area contributed by atoms with Crippen LogP contribution in [-0.4, -0.2) is 11.8 Å². The van der Waals surface area contributed by atoms with E-state index >= 15 is 0 Å². The van der Waals surface area contributed by atoms with Crippen molar-refractivity contribution in [1.82, 2.24) is 0 Å². The summed E-state index contributed by atoms with van der Waals surface area (Å²) < 4.78 is 5.11. The highest BCUT2D eigenvalue weighted by Gasteiger charge is 2.29. The molecule has 0 aliphatic rings. The molecule has 0 amide bonds. The van der Waals surface area contributed by atoms with E-state index < -0.39 is 0 Å². The molecule has 0 N–H and O–H groups in total. The van der Waals surface area contributed by atoms with Crippen LogP contribution in [0.3, 0.4) is 0 Å². The Labute approximate surface area is 118 Å². The Morgan fingerprint density at radius 2 is 1.56 bits per heavy atom. The van der Waals surface area contributed by atoms with Gasteiger partial charge in [0, 0.05) is 17.2 Å². The molecule has 96 valence electrons. The maximum atomic E-state index is 6.18. The molecule has 1 heterocycles. The summed E-state index contributed by atoms with van der Waals surface area (Å²) in [5.41, 5.74) is 2.29. The quantitative estimate of drug-likeness (QED) is 0.710. The zero-order valence-corrected chi connectivity index (χ0v) is 11.6. The van der Waals surface area contributed by atoms with Gasteiger partial charge in [-0.15, -0.1) is 23.2 Å². The summed E-state index contributed by atoms with van der Waals surface area (Å²) in [5.74, 6) is 1.08. The molecule has 18 heavy (non-hydrogen) atoms. The summed E-state index contributed by atoms with van der Waals surface area (Å²) in [6.45, 7) is 0. The van der Waals surface area contributed by atoms with Crippen molar-refractivity contribution < 1.29 is 4.42 Å². The summed E-state index contributed by atoms with van der Waals surface area (Å²) in [4.78, 5) is 0. The lowest BCUT2D eigenvalue weighted by atomic mass is 9.80. The fourth-order valence-corrected chi connectivity index (χ4v) is 2.81. The SMILES string of the molecule is ClCC(CCl)(Cc1ccccc1)Cc1ccoc1. The van der Waals surface area contributed by atoms with E-state index in [4.69, 9.17) is 27.6 Å². The van der Waals surface area contributed by atoms with E-state index in [2.05, 4.69) is 12.1 Å². The van der Waals surface area contributed by atoms with E-state index in [-0.39, 0.29) is 5.41 Å². The molecule has 0 saturated carbocycles. The molecule has 0 atom stereocenters. The number of hydrogen-bond donors (Lipinski definition) is 0. The summed E-state index contributed by atoms with van der Waals surface area (Å²) in [7, 11) is 0. The molecule has 0 unspecified atom stereocenters. The molecule has 0 fully saturated rings. The Balaban J connectivity index is 2.16. The Morgan fingerprint density at radius 1 is 0.889 bits per heavy atom. The fraction of sp³-hybridized carbons (Fsp3) is 0.333. The Kier molecular flexibility index (Phi) is 4.73. The van der Waals surface area contributed by atoms with Crippen LogP contribution in [0.5, 0.6) is 0 Å². The summed E-state index contributed by atoms with van der Waals surface area (Å²) >= 11 is 12.4. The van der Waals surface area contributed by atoms with E-state index in [1.807, 2.05) is 24.3 Å². The van der Waals surface area contributed by atoms with Crippen molar-refractivity contribution in [3.63, 3.8) is 0 Å². The first-order valence-electron chi connectivity index (χ1n) is 5.95. The average Bonchev–Trinajstić information content (AvgIpc) is 2.92. The number of benzene rings is 1. The van der Waals surface area contributed by atoms with Crippen LogP contribution < -0.4 is 0 Å². The maximum absolute atomic E-state index is 6.18. The van der Waals surface area contributed by atoms with Crippen LogP contribution in [0.4, 0.5) is 0 Å². The first-order chi connectivity index (χ1) is 8.78. The zero-order chi connectivity index (χ0) is 12.8. The second-order valence-corrected chi connectivity index (χ2v) is 5.27. The third-order valence-electron chi connectivity index (χ3n) is 3.15. The Hall–Kier alpha value is -0.920. The highest BCUT2D eigenvalue weighted by molar-refractivity contribution is 6.21. The molecular formula is C15H16Cl2O. The third-order valence-corrected chi connectivity index (χ3v) is 4.28. The number of hydrogen-bond acceptors (Lipinski definition) is 1. The van der Waals surface area contributed by atoms with Gasteiger partial charge >= 0.3 is 0 Å². The van der Waals surface area contributed by atoms with Crippen LogP contribution >= 0.6 is 23.2 Å². The van der Waals surface area contributed by atoms with Crippen molar-refractivity contribution in [1.29, 1.82) is 0 Å². The second kappa shape index (κ2) is 6.31. The van der Waals surface area contributed by atoms with E-state index in [1.54, 1.807) is 12.5 Å². The highest BCUT2D eigenvalue weighted by Crippen LogP contribution is 2.31. The first-order valence-corrected chi connectivity index (χ1v) is 7.02. The summed E-state index contributed by atoms with van der Waals surface area (Å²) in [6, 6.07) is 12.3. The molecule has 2 aromatic rings. The number of rotatable bonds is 6. The second-order valence-electron chi connectivity index (χ2n) is 4.74. The molecule has 0 saturated heterocycles. The van der Waals surface area contributed by atoms with Gasteiger partial charge in [0.05, 0.1) is 12.5 Å². The normalized spacial score (nSPS) is 11.7. The van der Waals surface area contributed by atoms with Gasteiger partial charge in [-0.05, 0) is 30.0 Å². The number of alkyl halides is 2. The predicted molar refractivity (Wildman–Crippen MR) is 76.4 cm³/mol. The van der Waals surface area contributed by atoms with E-state index in [9.17, 15) is 0 Å². The van der Waals surface area contributed by atoms with Crippen molar-refractivity contribution >= 4 is 23.2 Å². The van der Waals surface area contributed by atoms with E-state index in [0.717, 1.165) is 18.4 Å². The van der Waals surface area contributed by atoms with Crippen molar-refractivity contribution in [2.75, 3.05) is 11.8 Å². The molecular weight excluding hydrogens is 267 g/mol. The molecule has 1 nitrogen and oxygen atoms in total. The molecule has 2 rings (SSSR count). The molecule has 1 aromatic heterocycles. The van der Waals surface area contributed by atoms with Crippen LogP contribution in [0.15, 0.2) is 53.3 Å². The van der Waals surface area contributed by atoms with Crippen LogP contribution in [0.2, 0.25) is 0 Å². The molecule has 0 radical (unpaired) electrons. The highest BCUT2D eigenvalue weighted by atomic mass is 35.5. The van der Waals surface area contributed by atoms with Gasteiger partial charge in [0.1, 0.15) is 0 Å². The van der Waals surface area contributed by atoms with Gasteiger partial charge in [-0.25, -0.2) is 0 Å². The minimum atomic E-state index is -0.117. The third kappa shape index (κ3) is 3.30. The average molecular weight is 283 g/mol. The van der Waals surface area contributed by atoms with Crippen molar-refractivity contribution in [2.24, 2.45) is 5.41 Å². The minimum absolute atomic E-state index is 0.117. The lowest BCUT2D eigenvalue weighted by molar-refractivity contribution is 0.372. The van der Waals surface area contributed by atoms with Crippen molar-refractivity contribution in [3.8, 4) is 0 Å². The topological polar surface area (TPSA) is 13.1 Å². The van der Waals surface area contributed by atoms with Crippen LogP contribution in [-0.2, 0) is 12.8 Å². The lowest BCUT2D eigenvalue weighted by Gasteiger charge is -2.29. The maximum Gasteiger partial charge on any atom is 0.0934 e. The molecule has 0 spiro atoms. The fourth-order valence-electron chi connectivity index (χ4n) is 2.14. The van der Waals surface area contributed by atoms with Gasteiger partial charge in [0.25, 0.3) is 0 Å². The largest absolute Gasteiger partial charge is 0.472 e. The standard InChI is InChI=1S/C15H16Cl2O/c16-11-15(12-17,9-14-6-7-18-10-14)8-13-4-2-1-3-5-13/h1-7,10H,8-9,11-12H2. The summed E-state index contributed by atoms with van der Waals surface area (Å²) in [5, 5.41) is 0. The van der Waals surface area contributed by atoms with Gasteiger partial charge in [0.15, 0.2) is 0 Å². The Morgan fingerprint density at radius 3 is 2.11 bits per heavy atom. The van der Waals surface area contributed by atoms with Gasteiger partial charge in [-0.3, -0.25) is 0 Å². The van der Waals surface area contributed by atoms with E-state index in [1.165, 1.54) is 5.56 Å². The molecule has 0 bridgehead atoms. The number of furan rings is 1. The van der Waals surface area contributed by atoms with Crippen LogP contribution in [0.25, 0.3) is 0 Å². The van der Waals surface area contributed by atoms with Crippen molar-refractivity contribution in [2.45, 2.75) is 12.8 Å². The van der Waals surface area contributed by atoms with Crippen LogP contribution in [0.1, 0.15) is 11.1 Å². The smallest absolute Gasteiger partial charge is 0.0934 e. The molecule has 0 aliphatic carbocycles. The van der Waals surface area contributed by atoms with Crippen LogP contribution in [0, 0.1) is 5.41 Å². The summed E-state index contributed by atoms with van der Waals surface area (Å²) in [6.07, 6.45) is 5.17. The first kappa shape index (κ1) is 13.5. The lowest BCUT2D eigenvalue weighted by Crippen LogP contribution is -2.30. The van der Waals surface area contributed by atoms with Gasteiger partial charge < -0.3 is 4.42 Å². The van der Waals surface area contributed by atoms with Crippen molar-refractivity contribution in [3.05, 3.63) is 60.1 Å². The number of halogens is 2. The van der Waals surface area contributed by atoms with Gasteiger partial charge in [0.2, 0.25) is 0 Å². The predicted octanol–water partition coefficient (Wildman–Crippen LogP) is 4.53. The van der Waals surface area contributed by atoms with Gasteiger partial charge in [-0.1, -0.05) is 30.3 Å². The zero-order valence-electron chi connectivity index (χ0n) is 10.1. The molecule has 0 aliphatic heterocycles. The van der Waals surface area contributed by atoms with E-state index in [0.29, 0.717) is 11.8 Å². The Bertz CT molecular complexity index is 447. The molecule has 3 heteroatoms. The minimum Gasteiger partial charge on any atom is -0.472 e. The molecule has 1 aromatic carbocycles.